The maximum Gasteiger partial charge on any atom is 0.249 e. The Hall–Kier alpha value is -1.89. The molecule has 0 aromatic rings. The van der Waals surface area contributed by atoms with Crippen LogP contribution in [0.15, 0.2) is 11.6 Å². The van der Waals surface area contributed by atoms with Crippen LogP contribution < -0.4 is 5.32 Å². The van der Waals surface area contributed by atoms with Gasteiger partial charge in [0.15, 0.2) is 0 Å². The Balaban J connectivity index is 2.14. The van der Waals surface area contributed by atoms with Crippen LogP contribution in [-0.2, 0) is 14.4 Å². The fourth-order valence-electron chi connectivity index (χ4n) is 4.78. The van der Waals surface area contributed by atoms with Crippen LogP contribution in [0.5, 0.6) is 0 Å². The van der Waals surface area contributed by atoms with Gasteiger partial charge in [-0.2, -0.15) is 0 Å². The molecular formula is C25H44N4O3. The van der Waals surface area contributed by atoms with Crippen molar-refractivity contribution in [2.75, 3.05) is 33.7 Å². The summed E-state index contributed by atoms with van der Waals surface area (Å²) in [4.78, 5) is 45.0. The van der Waals surface area contributed by atoms with Crippen LogP contribution >= 0.6 is 0 Å². The van der Waals surface area contributed by atoms with E-state index in [1.807, 2.05) is 38.8 Å². The van der Waals surface area contributed by atoms with Gasteiger partial charge in [0, 0.05) is 25.7 Å². The average molecular weight is 449 g/mol. The fourth-order valence-corrected chi connectivity index (χ4v) is 4.78. The number of piperidine rings is 1. The molecule has 7 nitrogen and oxygen atoms in total. The number of carbonyl (C=O) groups excluding carboxylic acids is 3. The second kappa shape index (κ2) is 11.8. The van der Waals surface area contributed by atoms with Gasteiger partial charge in [0.25, 0.3) is 0 Å². The lowest BCUT2D eigenvalue weighted by Crippen LogP contribution is -2.57. The van der Waals surface area contributed by atoms with Crippen molar-refractivity contribution in [1.82, 2.24) is 20.0 Å². The Morgan fingerprint density at radius 3 is 2.09 bits per heavy atom. The second-order valence-electron chi connectivity index (χ2n) is 10.3. The minimum Gasteiger partial charge on any atom is -0.343 e. The van der Waals surface area contributed by atoms with E-state index >= 15 is 0 Å². The summed E-state index contributed by atoms with van der Waals surface area (Å²) in [5, 5.41) is 3.04. The van der Waals surface area contributed by atoms with E-state index in [2.05, 4.69) is 24.1 Å². The standard InChI is InChI=1S/C25H44N4O3/c1-17(2)21(16-19(5)24(31)29-14-10-11-15-29)28(7)25(32)22(18(3)4)26-23(30)20-12-8-9-13-27(20)6/h16-18,20-22H,8-15H2,1-7H3,(H,26,30)/b19-16+/t20-,21-,22+/m1/s1. The monoisotopic (exact) mass is 448 g/mol. The molecule has 2 saturated heterocycles. The normalized spacial score (nSPS) is 22.2. The van der Waals surface area contributed by atoms with E-state index in [1.54, 1.807) is 11.9 Å². The smallest absolute Gasteiger partial charge is 0.249 e. The first kappa shape index (κ1) is 26.4. The molecule has 32 heavy (non-hydrogen) atoms. The van der Waals surface area contributed by atoms with E-state index in [1.165, 1.54) is 0 Å². The largest absolute Gasteiger partial charge is 0.343 e. The minimum absolute atomic E-state index is 0.0353. The summed E-state index contributed by atoms with van der Waals surface area (Å²) >= 11 is 0. The summed E-state index contributed by atoms with van der Waals surface area (Å²) in [7, 11) is 3.76. The Bertz CT molecular complexity index is 697. The van der Waals surface area contributed by atoms with Gasteiger partial charge in [-0.25, -0.2) is 0 Å². The molecule has 2 aliphatic heterocycles. The van der Waals surface area contributed by atoms with Crippen molar-refractivity contribution in [3.05, 3.63) is 11.6 Å². The van der Waals surface area contributed by atoms with Crippen molar-refractivity contribution in [1.29, 1.82) is 0 Å². The SMILES string of the molecule is C/C(=C\[C@H](C(C)C)N(C)C(=O)[C@@H](NC(=O)[C@H]1CCCCN1C)C(C)C)C(=O)N1CCCC1. The highest BCUT2D eigenvalue weighted by molar-refractivity contribution is 5.93. The summed E-state index contributed by atoms with van der Waals surface area (Å²) in [5.74, 6) is -0.0129. The maximum absolute atomic E-state index is 13.5. The molecule has 3 atom stereocenters. The minimum atomic E-state index is -0.591. The van der Waals surface area contributed by atoms with Crippen molar-refractivity contribution in [2.45, 2.75) is 84.8 Å². The maximum atomic E-state index is 13.5. The van der Waals surface area contributed by atoms with Crippen molar-refractivity contribution in [2.24, 2.45) is 11.8 Å². The van der Waals surface area contributed by atoms with Crippen LogP contribution in [-0.4, -0.2) is 84.3 Å². The molecule has 2 rings (SSSR count). The van der Waals surface area contributed by atoms with E-state index in [9.17, 15) is 14.4 Å². The molecule has 7 heteroatoms. The number of nitrogens with one attached hydrogen (secondary N) is 1. The Labute approximate surface area is 194 Å². The van der Waals surface area contributed by atoms with Crippen molar-refractivity contribution < 1.29 is 14.4 Å². The van der Waals surface area contributed by atoms with Gasteiger partial charge in [0.2, 0.25) is 17.7 Å². The van der Waals surface area contributed by atoms with Crippen molar-refractivity contribution >= 4 is 17.7 Å². The van der Waals surface area contributed by atoms with E-state index in [-0.39, 0.29) is 41.6 Å². The summed E-state index contributed by atoms with van der Waals surface area (Å²) in [6.07, 6.45) is 7.00. The summed E-state index contributed by atoms with van der Waals surface area (Å²) in [6, 6.07) is -0.985. The van der Waals surface area contributed by atoms with Crippen LogP contribution in [0.1, 0.15) is 66.7 Å². The van der Waals surface area contributed by atoms with Crippen LogP contribution in [0.4, 0.5) is 0 Å². The first-order chi connectivity index (χ1) is 15.0. The summed E-state index contributed by atoms with van der Waals surface area (Å²) < 4.78 is 0. The zero-order chi connectivity index (χ0) is 24.0. The molecular weight excluding hydrogens is 404 g/mol. The van der Waals surface area contributed by atoms with Gasteiger partial charge in [-0.1, -0.05) is 40.2 Å². The number of nitrogens with zero attached hydrogens (tertiary/aromatic N) is 3. The molecule has 0 unspecified atom stereocenters. The lowest BCUT2D eigenvalue weighted by molar-refractivity contribution is -0.139. The van der Waals surface area contributed by atoms with Crippen molar-refractivity contribution in [3.8, 4) is 0 Å². The van der Waals surface area contributed by atoms with Crippen LogP contribution in [0, 0.1) is 11.8 Å². The third kappa shape index (κ3) is 6.56. The Morgan fingerprint density at radius 1 is 0.969 bits per heavy atom. The molecule has 0 saturated carbocycles. The van der Waals surface area contributed by atoms with E-state index in [0.29, 0.717) is 5.57 Å². The molecule has 0 spiro atoms. The summed E-state index contributed by atoms with van der Waals surface area (Å²) in [5.41, 5.74) is 0.680. The molecule has 2 heterocycles. The van der Waals surface area contributed by atoms with Gasteiger partial charge < -0.3 is 15.1 Å². The van der Waals surface area contributed by atoms with Gasteiger partial charge in [0.05, 0.1) is 12.1 Å². The zero-order valence-corrected chi connectivity index (χ0v) is 21.2. The van der Waals surface area contributed by atoms with Gasteiger partial charge in [-0.3, -0.25) is 19.3 Å². The molecule has 2 aliphatic rings. The van der Waals surface area contributed by atoms with Gasteiger partial charge in [-0.05, 0) is 58.0 Å². The topological polar surface area (TPSA) is 73.0 Å². The average Bonchev–Trinajstić information content (AvgIpc) is 3.28. The number of amides is 3. The predicted molar refractivity (Wildman–Crippen MR) is 128 cm³/mol. The van der Waals surface area contributed by atoms with E-state index in [4.69, 9.17) is 0 Å². The zero-order valence-electron chi connectivity index (χ0n) is 21.2. The van der Waals surface area contributed by atoms with Crippen LogP contribution in [0.2, 0.25) is 0 Å². The lowest BCUT2D eigenvalue weighted by Gasteiger charge is -2.36. The highest BCUT2D eigenvalue weighted by atomic mass is 16.2. The second-order valence-corrected chi connectivity index (χ2v) is 10.3. The van der Waals surface area contributed by atoms with Gasteiger partial charge in [0.1, 0.15) is 6.04 Å². The molecule has 182 valence electrons. The molecule has 0 bridgehead atoms. The van der Waals surface area contributed by atoms with E-state index < -0.39 is 6.04 Å². The molecule has 2 fully saturated rings. The number of hydrogen-bond acceptors (Lipinski definition) is 4. The Morgan fingerprint density at radius 2 is 1.56 bits per heavy atom. The number of rotatable bonds is 8. The predicted octanol–water partition coefficient (Wildman–Crippen LogP) is 2.66. The Kier molecular flexibility index (Phi) is 9.74. The van der Waals surface area contributed by atoms with Crippen LogP contribution in [0.25, 0.3) is 0 Å². The molecule has 0 aliphatic carbocycles. The van der Waals surface area contributed by atoms with Gasteiger partial charge >= 0.3 is 0 Å². The van der Waals surface area contributed by atoms with E-state index in [0.717, 1.165) is 51.7 Å². The number of likely N-dealkylation sites (N-methyl/N-ethyl adjacent to an activating group) is 2. The third-order valence-electron chi connectivity index (χ3n) is 6.93. The highest BCUT2D eigenvalue weighted by Crippen LogP contribution is 2.20. The third-order valence-corrected chi connectivity index (χ3v) is 6.93. The quantitative estimate of drug-likeness (QED) is 0.580. The first-order valence-corrected chi connectivity index (χ1v) is 12.3. The van der Waals surface area contributed by atoms with Gasteiger partial charge in [-0.15, -0.1) is 0 Å². The molecule has 0 radical (unpaired) electrons. The number of carbonyl (C=O) groups is 3. The highest BCUT2D eigenvalue weighted by Gasteiger charge is 2.34. The van der Waals surface area contributed by atoms with Crippen molar-refractivity contribution in [3.63, 3.8) is 0 Å². The number of hydrogen-bond donors (Lipinski definition) is 1. The molecule has 1 N–H and O–H groups in total. The molecule has 0 aromatic heterocycles. The molecule has 0 aromatic carbocycles. The number of likely N-dealkylation sites (tertiary alicyclic amines) is 2. The van der Waals surface area contributed by atoms with Crippen LogP contribution in [0.3, 0.4) is 0 Å². The lowest BCUT2D eigenvalue weighted by atomic mass is 9.96. The first-order valence-electron chi connectivity index (χ1n) is 12.3. The fraction of sp³-hybridized carbons (Fsp3) is 0.800. The molecule has 3 amide bonds. The summed E-state index contributed by atoms with van der Waals surface area (Å²) in [6.45, 7) is 12.4.